The molecular formula is C23H21BrFNO4S. The zero-order valence-electron chi connectivity index (χ0n) is 17.1. The van der Waals surface area contributed by atoms with Crippen molar-refractivity contribution in [3.05, 3.63) is 103 Å². The molecule has 0 N–H and O–H groups in total. The van der Waals surface area contributed by atoms with Crippen LogP contribution >= 0.6 is 15.9 Å². The summed E-state index contributed by atoms with van der Waals surface area (Å²) in [6.07, 6.45) is 1.34. The van der Waals surface area contributed by atoms with Gasteiger partial charge in [0.1, 0.15) is 11.6 Å². The Labute approximate surface area is 188 Å². The predicted molar refractivity (Wildman–Crippen MR) is 122 cm³/mol. The van der Waals surface area contributed by atoms with E-state index in [1.54, 1.807) is 49.4 Å². The molecule has 1 aromatic heterocycles. The average molecular weight is 506 g/mol. The molecule has 0 radical (unpaired) electrons. The van der Waals surface area contributed by atoms with Crippen molar-refractivity contribution in [1.82, 2.24) is 4.57 Å². The van der Waals surface area contributed by atoms with Crippen LogP contribution in [0.3, 0.4) is 0 Å². The van der Waals surface area contributed by atoms with E-state index in [4.69, 9.17) is 0 Å². The minimum absolute atomic E-state index is 0.000826. The van der Waals surface area contributed by atoms with E-state index in [1.807, 2.05) is 0 Å². The Morgan fingerprint density at radius 1 is 1.13 bits per heavy atom. The third-order valence-electron chi connectivity index (χ3n) is 5.00. The lowest BCUT2D eigenvalue weighted by Crippen LogP contribution is -2.26. The van der Waals surface area contributed by atoms with Crippen molar-refractivity contribution in [2.75, 3.05) is 5.75 Å². The Morgan fingerprint density at radius 2 is 1.81 bits per heavy atom. The summed E-state index contributed by atoms with van der Waals surface area (Å²) in [4.78, 5) is 25.5. The minimum atomic E-state index is -3.74. The van der Waals surface area contributed by atoms with Crippen molar-refractivity contribution in [2.24, 2.45) is 7.05 Å². The minimum Gasteiger partial charge on any atom is -0.318 e. The van der Waals surface area contributed by atoms with Gasteiger partial charge in [-0.25, -0.2) is 12.8 Å². The fraction of sp³-hybridized carbons (Fsp3) is 0.217. The van der Waals surface area contributed by atoms with Gasteiger partial charge in [0, 0.05) is 35.3 Å². The van der Waals surface area contributed by atoms with Crippen molar-refractivity contribution in [3.8, 4) is 0 Å². The van der Waals surface area contributed by atoms with Gasteiger partial charge in [-0.1, -0.05) is 52.3 Å². The Balaban J connectivity index is 1.98. The van der Waals surface area contributed by atoms with E-state index in [1.165, 1.54) is 23.9 Å². The van der Waals surface area contributed by atoms with Gasteiger partial charge in [0.05, 0.1) is 5.75 Å². The van der Waals surface area contributed by atoms with Gasteiger partial charge in [0.2, 0.25) is 0 Å². The number of nitrogens with zero attached hydrogens (tertiary/aromatic N) is 1. The number of Topliss-reactive ketones (excluding diaryl/α,β-unsaturated/α-hetero) is 1. The van der Waals surface area contributed by atoms with Crippen LogP contribution in [0.5, 0.6) is 0 Å². The Bertz CT molecular complexity index is 1300. The van der Waals surface area contributed by atoms with Gasteiger partial charge < -0.3 is 4.57 Å². The number of aromatic nitrogens is 1. The van der Waals surface area contributed by atoms with Gasteiger partial charge in [-0.05, 0) is 35.7 Å². The maximum atomic E-state index is 14.4. The van der Waals surface area contributed by atoms with Gasteiger partial charge in [0.25, 0.3) is 5.56 Å². The summed E-state index contributed by atoms with van der Waals surface area (Å²) in [6.45, 7) is 1.56. The molecule has 3 aromatic rings. The molecule has 0 saturated carbocycles. The molecule has 8 heteroatoms. The molecule has 0 saturated heterocycles. The van der Waals surface area contributed by atoms with Crippen LogP contribution in [0.2, 0.25) is 0 Å². The normalized spacial score (nSPS) is 11.5. The average Bonchev–Trinajstić information content (AvgIpc) is 2.69. The van der Waals surface area contributed by atoms with Crippen LogP contribution in [0.25, 0.3) is 0 Å². The van der Waals surface area contributed by atoms with E-state index in [0.717, 1.165) is 0 Å². The second-order valence-corrected chi connectivity index (χ2v) is 10.4. The smallest absolute Gasteiger partial charge is 0.253 e. The van der Waals surface area contributed by atoms with Crippen molar-refractivity contribution in [2.45, 2.75) is 19.1 Å². The number of halogens is 2. The lowest BCUT2D eigenvalue weighted by atomic mass is 9.95. The molecule has 0 aliphatic rings. The Hall–Kier alpha value is -2.58. The van der Waals surface area contributed by atoms with Crippen molar-refractivity contribution in [1.29, 1.82) is 0 Å². The first-order valence-corrected chi connectivity index (χ1v) is 12.1. The molecule has 2 aromatic carbocycles. The molecule has 162 valence electrons. The summed E-state index contributed by atoms with van der Waals surface area (Å²) in [5.41, 5.74) is 1.31. The predicted octanol–water partition coefficient (Wildman–Crippen LogP) is 3.98. The Morgan fingerprint density at radius 3 is 2.45 bits per heavy atom. The molecule has 0 aliphatic heterocycles. The molecule has 5 nitrogen and oxygen atoms in total. The molecule has 3 rings (SSSR count). The topological polar surface area (TPSA) is 73.2 Å². The lowest BCUT2D eigenvalue weighted by Gasteiger charge is -2.15. The molecule has 0 aliphatic carbocycles. The maximum Gasteiger partial charge on any atom is 0.253 e. The van der Waals surface area contributed by atoms with Crippen LogP contribution in [0, 0.1) is 12.7 Å². The van der Waals surface area contributed by atoms with E-state index < -0.39 is 27.2 Å². The summed E-state index contributed by atoms with van der Waals surface area (Å²) in [6, 6.07) is 13.1. The van der Waals surface area contributed by atoms with Crippen LogP contribution in [-0.2, 0) is 29.1 Å². The molecular weight excluding hydrogens is 485 g/mol. The standard InChI is InChI=1S/C23H21BrFNO4S/c1-15-19(10-17-8-9-18(24)11-21(17)25)20(12-26(2)23(15)28)22(27)14-31(29,30)13-16-6-4-3-5-7-16/h3-9,11-12H,10,13-14H2,1-2H3. The van der Waals surface area contributed by atoms with Gasteiger partial charge in [0.15, 0.2) is 15.6 Å². The highest BCUT2D eigenvalue weighted by Crippen LogP contribution is 2.22. The van der Waals surface area contributed by atoms with Crippen molar-refractivity contribution in [3.63, 3.8) is 0 Å². The van der Waals surface area contributed by atoms with Crippen molar-refractivity contribution < 1.29 is 17.6 Å². The van der Waals surface area contributed by atoms with E-state index in [2.05, 4.69) is 15.9 Å². The monoisotopic (exact) mass is 505 g/mol. The van der Waals surface area contributed by atoms with E-state index in [9.17, 15) is 22.4 Å². The first-order chi connectivity index (χ1) is 14.6. The lowest BCUT2D eigenvalue weighted by molar-refractivity contribution is 0.101. The number of hydrogen-bond donors (Lipinski definition) is 0. The van der Waals surface area contributed by atoms with Gasteiger partial charge in [-0.2, -0.15) is 0 Å². The fourth-order valence-corrected chi connectivity index (χ4v) is 5.10. The molecule has 0 atom stereocenters. The second-order valence-electron chi connectivity index (χ2n) is 7.42. The zero-order chi connectivity index (χ0) is 22.8. The fourth-order valence-electron chi connectivity index (χ4n) is 3.41. The van der Waals surface area contributed by atoms with Crippen LogP contribution in [0.1, 0.15) is 32.6 Å². The SMILES string of the molecule is Cc1c(Cc2ccc(Br)cc2F)c(C(=O)CS(=O)(=O)Cc2ccccc2)cn(C)c1=O. The third-order valence-corrected chi connectivity index (χ3v) is 6.97. The van der Waals surface area contributed by atoms with Crippen molar-refractivity contribution >= 4 is 31.6 Å². The first kappa shape index (κ1) is 23.1. The van der Waals surface area contributed by atoms with E-state index >= 15 is 0 Å². The number of benzene rings is 2. The van der Waals surface area contributed by atoms with Crippen LogP contribution in [0.15, 0.2) is 64.0 Å². The number of ketones is 1. The van der Waals surface area contributed by atoms with Gasteiger partial charge in [-0.3, -0.25) is 9.59 Å². The highest BCUT2D eigenvalue weighted by atomic mass is 79.9. The number of carbonyl (C=O) groups excluding carboxylic acids is 1. The molecule has 0 amide bonds. The maximum absolute atomic E-state index is 14.4. The van der Waals surface area contributed by atoms with Crippen LogP contribution < -0.4 is 5.56 Å². The van der Waals surface area contributed by atoms with E-state index in [-0.39, 0.29) is 28.9 Å². The molecule has 0 spiro atoms. The number of hydrogen-bond acceptors (Lipinski definition) is 4. The first-order valence-electron chi connectivity index (χ1n) is 9.48. The van der Waals surface area contributed by atoms with Gasteiger partial charge in [-0.15, -0.1) is 0 Å². The molecule has 0 unspecified atom stereocenters. The largest absolute Gasteiger partial charge is 0.318 e. The van der Waals surface area contributed by atoms with Crippen LogP contribution in [0.4, 0.5) is 4.39 Å². The molecule has 31 heavy (non-hydrogen) atoms. The molecule has 0 bridgehead atoms. The second kappa shape index (κ2) is 9.28. The highest BCUT2D eigenvalue weighted by Gasteiger charge is 2.24. The summed E-state index contributed by atoms with van der Waals surface area (Å²) in [7, 11) is -2.24. The number of pyridine rings is 1. The summed E-state index contributed by atoms with van der Waals surface area (Å²) in [5.74, 6) is -2.07. The number of sulfone groups is 1. The zero-order valence-corrected chi connectivity index (χ0v) is 19.5. The number of carbonyl (C=O) groups is 1. The molecule has 0 fully saturated rings. The summed E-state index contributed by atoms with van der Waals surface area (Å²) in [5, 5.41) is 0. The summed E-state index contributed by atoms with van der Waals surface area (Å²) >= 11 is 3.20. The van der Waals surface area contributed by atoms with E-state index in [0.29, 0.717) is 21.2 Å². The quantitative estimate of drug-likeness (QED) is 0.455. The van der Waals surface area contributed by atoms with Gasteiger partial charge >= 0.3 is 0 Å². The number of aryl methyl sites for hydroxylation is 1. The van der Waals surface area contributed by atoms with Crippen LogP contribution in [-0.4, -0.2) is 24.5 Å². The third kappa shape index (κ3) is 5.57. The summed E-state index contributed by atoms with van der Waals surface area (Å²) < 4.78 is 41.5. The molecule has 1 heterocycles. The Kier molecular flexibility index (Phi) is 6.91. The number of rotatable bonds is 7. The highest BCUT2D eigenvalue weighted by molar-refractivity contribution is 9.10.